The van der Waals surface area contributed by atoms with Crippen LogP contribution >= 0.6 is 0 Å². The van der Waals surface area contributed by atoms with Crippen LogP contribution in [0.3, 0.4) is 0 Å². The van der Waals surface area contributed by atoms with E-state index in [0.717, 1.165) is 48.7 Å². The number of aliphatic hydroxyl groups is 1. The summed E-state index contributed by atoms with van der Waals surface area (Å²) in [6.45, 7) is 1.61. The molecule has 26 heavy (non-hydrogen) atoms. The van der Waals surface area contributed by atoms with E-state index in [4.69, 9.17) is 9.97 Å². The molecule has 0 atom stereocenters. The molecule has 5 nitrogen and oxygen atoms in total. The van der Waals surface area contributed by atoms with Gasteiger partial charge in [0.2, 0.25) is 5.95 Å². The van der Waals surface area contributed by atoms with Crippen LogP contribution in [0.2, 0.25) is 0 Å². The van der Waals surface area contributed by atoms with Gasteiger partial charge in [0.15, 0.2) is 0 Å². The third-order valence-electron chi connectivity index (χ3n) is 4.60. The second kappa shape index (κ2) is 7.54. The summed E-state index contributed by atoms with van der Waals surface area (Å²) >= 11 is 0. The molecule has 4 rings (SSSR count). The van der Waals surface area contributed by atoms with Crippen LogP contribution in [0.15, 0.2) is 66.7 Å². The first-order valence-electron chi connectivity index (χ1n) is 8.97. The smallest absolute Gasteiger partial charge is 0.229 e. The molecule has 0 saturated carbocycles. The number of nitrogens with zero attached hydrogens (tertiary/aromatic N) is 3. The minimum Gasteiger partial charge on any atom is -0.393 e. The van der Waals surface area contributed by atoms with Gasteiger partial charge in [0.25, 0.3) is 0 Å². The number of piperidine rings is 1. The lowest BCUT2D eigenvalue weighted by Gasteiger charge is -2.30. The van der Waals surface area contributed by atoms with E-state index < -0.39 is 0 Å². The van der Waals surface area contributed by atoms with Gasteiger partial charge in [0, 0.05) is 30.4 Å². The highest BCUT2D eigenvalue weighted by molar-refractivity contribution is 5.66. The Morgan fingerprint density at radius 1 is 0.885 bits per heavy atom. The lowest BCUT2D eigenvalue weighted by Crippen LogP contribution is -2.36. The number of para-hydroxylation sites is 1. The van der Waals surface area contributed by atoms with Crippen molar-refractivity contribution in [1.29, 1.82) is 0 Å². The Balaban J connectivity index is 1.69. The summed E-state index contributed by atoms with van der Waals surface area (Å²) in [5.74, 6) is 1.47. The summed E-state index contributed by atoms with van der Waals surface area (Å²) in [5, 5.41) is 13.1. The minimum atomic E-state index is -0.205. The van der Waals surface area contributed by atoms with Crippen LogP contribution in [0, 0.1) is 0 Å². The van der Waals surface area contributed by atoms with E-state index in [2.05, 4.69) is 22.3 Å². The number of aliphatic hydroxyl groups excluding tert-OH is 1. The Morgan fingerprint density at radius 2 is 1.54 bits per heavy atom. The number of aromatic nitrogens is 2. The van der Waals surface area contributed by atoms with Crippen molar-refractivity contribution in [3.63, 3.8) is 0 Å². The fraction of sp³-hybridized carbons (Fsp3) is 0.238. The predicted octanol–water partition coefficient (Wildman–Crippen LogP) is 3.85. The molecule has 0 unspecified atom stereocenters. The van der Waals surface area contributed by atoms with Gasteiger partial charge in [-0.15, -0.1) is 0 Å². The summed E-state index contributed by atoms with van der Waals surface area (Å²) in [5.41, 5.74) is 2.90. The van der Waals surface area contributed by atoms with Gasteiger partial charge < -0.3 is 15.3 Å². The number of rotatable bonds is 4. The van der Waals surface area contributed by atoms with Crippen molar-refractivity contribution in [2.24, 2.45) is 0 Å². The van der Waals surface area contributed by atoms with Crippen LogP contribution in [0.1, 0.15) is 12.8 Å². The molecule has 1 saturated heterocycles. The Labute approximate surface area is 153 Å². The molecular formula is C21H22N4O. The monoisotopic (exact) mass is 346 g/mol. The molecule has 1 aliphatic heterocycles. The van der Waals surface area contributed by atoms with E-state index in [1.54, 1.807) is 0 Å². The summed E-state index contributed by atoms with van der Waals surface area (Å²) in [7, 11) is 0. The van der Waals surface area contributed by atoms with Gasteiger partial charge in [-0.3, -0.25) is 0 Å². The van der Waals surface area contributed by atoms with E-state index in [1.165, 1.54) is 0 Å². The number of hydrogen-bond donors (Lipinski definition) is 2. The molecule has 2 aromatic carbocycles. The largest absolute Gasteiger partial charge is 0.393 e. The maximum Gasteiger partial charge on any atom is 0.229 e. The van der Waals surface area contributed by atoms with Crippen molar-refractivity contribution in [1.82, 2.24) is 9.97 Å². The van der Waals surface area contributed by atoms with Gasteiger partial charge in [0.05, 0.1) is 11.8 Å². The van der Waals surface area contributed by atoms with Gasteiger partial charge in [-0.05, 0) is 25.0 Å². The topological polar surface area (TPSA) is 61.3 Å². The first kappa shape index (κ1) is 16.5. The van der Waals surface area contributed by atoms with E-state index >= 15 is 0 Å². The minimum absolute atomic E-state index is 0.205. The van der Waals surface area contributed by atoms with Crippen molar-refractivity contribution in [2.75, 3.05) is 23.3 Å². The molecule has 0 bridgehead atoms. The van der Waals surface area contributed by atoms with Crippen LogP contribution in [0.4, 0.5) is 17.5 Å². The van der Waals surface area contributed by atoms with Crippen molar-refractivity contribution in [3.05, 3.63) is 66.7 Å². The van der Waals surface area contributed by atoms with Gasteiger partial charge in [0.1, 0.15) is 5.82 Å². The summed E-state index contributed by atoms with van der Waals surface area (Å²) in [4.78, 5) is 11.7. The van der Waals surface area contributed by atoms with E-state index in [-0.39, 0.29) is 6.10 Å². The molecule has 1 aliphatic rings. The Morgan fingerprint density at radius 3 is 2.23 bits per heavy atom. The molecule has 2 heterocycles. The molecule has 0 spiro atoms. The zero-order valence-corrected chi connectivity index (χ0v) is 14.5. The SMILES string of the molecule is OC1CCN(c2cc(-c3ccccc3)nc(Nc3ccccc3)n2)CC1. The second-order valence-corrected chi connectivity index (χ2v) is 6.51. The predicted molar refractivity (Wildman–Crippen MR) is 105 cm³/mol. The molecule has 132 valence electrons. The van der Waals surface area contributed by atoms with Gasteiger partial charge in [-0.2, -0.15) is 4.98 Å². The van der Waals surface area contributed by atoms with Crippen LogP contribution in [-0.4, -0.2) is 34.3 Å². The molecular weight excluding hydrogens is 324 g/mol. The number of benzene rings is 2. The zero-order chi connectivity index (χ0) is 17.8. The second-order valence-electron chi connectivity index (χ2n) is 6.51. The van der Waals surface area contributed by atoms with Crippen molar-refractivity contribution in [3.8, 4) is 11.3 Å². The average Bonchev–Trinajstić information content (AvgIpc) is 2.70. The molecule has 1 aromatic heterocycles. The maximum absolute atomic E-state index is 9.78. The van der Waals surface area contributed by atoms with Gasteiger partial charge in [-0.1, -0.05) is 48.5 Å². The van der Waals surface area contributed by atoms with Crippen molar-refractivity contribution in [2.45, 2.75) is 18.9 Å². The van der Waals surface area contributed by atoms with Crippen molar-refractivity contribution >= 4 is 17.5 Å². The third kappa shape index (κ3) is 3.83. The molecule has 0 radical (unpaired) electrons. The highest BCUT2D eigenvalue weighted by atomic mass is 16.3. The number of anilines is 3. The van der Waals surface area contributed by atoms with Gasteiger partial charge in [-0.25, -0.2) is 4.98 Å². The number of hydrogen-bond acceptors (Lipinski definition) is 5. The fourth-order valence-electron chi connectivity index (χ4n) is 3.15. The van der Waals surface area contributed by atoms with Crippen LogP contribution in [0.25, 0.3) is 11.3 Å². The highest BCUT2D eigenvalue weighted by Crippen LogP contribution is 2.26. The Hall–Kier alpha value is -2.92. The van der Waals surface area contributed by atoms with Crippen LogP contribution in [0.5, 0.6) is 0 Å². The summed E-state index contributed by atoms with van der Waals surface area (Å²) in [6.07, 6.45) is 1.33. The average molecular weight is 346 g/mol. The molecule has 1 fully saturated rings. The lowest BCUT2D eigenvalue weighted by molar-refractivity contribution is 0.145. The normalized spacial score (nSPS) is 15.0. The zero-order valence-electron chi connectivity index (χ0n) is 14.5. The Bertz CT molecular complexity index is 846. The fourth-order valence-corrected chi connectivity index (χ4v) is 3.15. The maximum atomic E-state index is 9.78. The van der Waals surface area contributed by atoms with E-state index in [9.17, 15) is 5.11 Å². The summed E-state index contributed by atoms with van der Waals surface area (Å²) < 4.78 is 0. The quantitative estimate of drug-likeness (QED) is 0.751. The van der Waals surface area contributed by atoms with E-state index in [1.807, 2.05) is 54.6 Å². The first-order chi connectivity index (χ1) is 12.8. The molecule has 0 aliphatic carbocycles. The third-order valence-corrected chi connectivity index (χ3v) is 4.60. The molecule has 3 aromatic rings. The molecule has 2 N–H and O–H groups in total. The van der Waals surface area contributed by atoms with Gasteiger partial charge >= 0.3 is 0 Å². The number of nitrogens with one attached hydrogen (secondary N) is 1. The highest BCUT2D eigenvalue weighted by Gasteiger charge is 2.19. The lowest BCUT2D eigenvalue weighted by atomic mass is 10.1. The van der Waals surface area contributed by atoms with E-state index in [0.29, 0.717) is 5.95 Å². The molecule has 0 amide bonds. The molecule has 5 heteroatoms. The van der Waals surface area contributed by atoms with Crippen molar-refractivity contribution < 1.29 is 5.11 Å². The van der Waals surface area contributed by atoms with Crippen LogP contribution in [-0.2, 0) is 0 Å². The summed E-state index contributed by atoms with van der Waals surface area (Å²) in [6, 6.07) is 22.1. The first-order valence-corrected chi connectivity index (χ1v) is 8.97. The Kier molecular flexibility index (Phi) is 4.80. The van der Waals surface area contributed by atoms with Crippen LogP contribution < -0.4 is 10.2 Å². The standard InChI is InChI=1S/C21H22N4O/c26-18-11-13-25(14-12-18)20-15-19(16-7-3-1-4-8-16)23-21(24-20)22-17-9-5-2-6-10-17/h1-10,15,18,26H,11-14H2,(H,22,23,24).